The molecular weight excluding hydrogens is 248 g/mol. The highest BCUT2D eigenvalue weighted by Crippen LogP contribution is 2.19. The molecule has 0 aromatic heterocycles. The molecule has 1 amide bonds. The Morgan fingerprint density at radius 1 is 1.44 bits per heavy atom. The summed E-state index contributed by atoms with van der Waals surface area (Å²) in [4.78, 5) is 13.9. The van der Waals surface area contributed by atoms with Crippen LogP contribution in [0.4, 0.5) is 5.69 Å². The van der Waals surface area contributed by atoms with E-state index < -0.39 is 0 Å². The molecule has 0 aliphatic heterocycles. The fourth-order valence-electron chi connectivity index (χ4n) is 1.63. The van der Waals surface area contributed by atoms with E-state index in [1.54, 1.807) is 49.0 Å². The average Bonchev–Trinajstić information content (AvgIpc) is 2.37. The molecule has 4 nitrogen and oxygen atoms in total. The number of carbonyl (C=O) groups is 1. The first-order valence-electron chi connectivity index (χ1n) is 5.77. The molecule has 0 saturated heterocycles. The van der Waals surface area contributed by atoms with E-state index in [-0.39, 0.29) is 5.91 Å². The van der Waals surface area contributed by atoms with Gasteiger partial charge in [0.25, 0.3) is 5.91 Å². The van der Waals surface area contributed by atoms with Gasteiger partial charge >= 0.3 is 0 Å². The zero-order valence-corrected chi connectivity index (χ0v) is 11.9. The van der Waals surface area contributed by atoms with Crippen molar-refractivity contribution in [3.63, 3.8) is 0 Å². The maximum atomic E-state index is 12.2. The van der Waals surface area contributed by atoms with Gasteiger partial charge in [0.1, 0.15) is 5.75 Å². The lowest BCUT2D eigenvalue weighted by atomic mass is 10.1. The van der Waals surface area contributed by atoms with Crippen molar-refractivity contribution in [1.82, 2.24) is 4.90 Å². The van der Waals surface area contributed by atoms with E-state index in [4.69, 9.17) is 10.5 Å². The topological polar surface area (TPSA) is 55.6 Å². The highest BCUT2D eigenvalue weighted by Gasteiger charge is 2.13. The number of nitrogens with zero attached hydrogens (tertiary/aromatic N) is 1. The maximum absolute atomic E-state index is 12.2. The highest BCUT2D eigenvalue weighted by atomic mass is 32.2. The Hall–Kier alpha value is -1.36. The molecule has 0 atom stereocenters. The van der Waals surface area contributed by atoms with Crippen LogP contribution in [-0.4, -0.2) is 43.5 Å². The van der Waals surface area contributed by atoms with Crippen molar-refractivity contribution in [1.29, 1.82) is 0 Å². The van der Waals surface area contributed by atoms with Gasteiger partial charge in [-0.05, 0) is 30.6 Å². The van der Waals surface area contributed by atoms with Crippen LogP contribution in [0.3, 0.4) is 0 Å². The third kappa shape index (κ3) is 4.14. The summed E-state index contributed by atoms with van der Waals surface area (Å²) >= 11 is 1.78. The van der Waals surface area contributed by atoms with Gasteiger partial charge in [-0.1, -0.05) is 0 Å². The first-order valence-corrected chi connectivity index (χ1v) is 7.17. The Kier molecular flexibility index (Phi) is 5.85. The standard InChI is InChI=1S/C13H20N2O2S/c1-15(5-4-6-18-3)13(16)10-7-11(14)9-12(8-10)17-2/h7-9H,4-6,14H2,1-3H3. The Morgan fingerprint density at radius 3 is 2.78 bits per heavy atom. The Bertz CT molecular complexity index is 410. The van der Waals surface area contributed by atoms with Gasteiger partial charge < -0.3 is 15.4 Å². The minimum Gasteiger partial charge on any atom is -0.497 e. The number of ether oxygens (including phenoxy) is 1. The molecule has 0 fully saturated rings. The van der Waals surface area contributed by atoms with Crippen LogP contribution in [0.1, 0.15) is 16.8 Å². The van der Waals surface area contributed by atoms with E-state index in [1.807, 2.05) is 0 Å². The Balaban J connectivity index is 2.73. The lowest BCUT2D eigenvalue weighted by molar-refractivity contribution is 0.0795. The van der Waals surface area contributed by atoms with Crippen molar-refractivity contribution in [2.24, 2.45) is 0 Å². The fourth-order valence-corrected chi connectivity index (χ4v) is 2.05. The minimum atomic E-state index is -0.0262. The van der Waals surface area contributed by atoms with E-state index in [9.17, 15) is 4.79 Å². The number of thioether (sulfide) groups is 1. The van der Waals surface area contributed by atoms with Gasteiger partial charge in [0.05, 0.1) is 7.11 Å². The van der Waals surface area contributed by atoms with E-state index in [0.29, 0.717) is 17.0 Å². The molecule has 0 aliphatic rings. The third-order valence-electron chi connectivity index (χ3n) is 2.60. The predicted molar refractivity (Wildman–Crippen MR) is 77.4 cm³/mol. The normalized spacial score (nSPS) is 10.2. The summed E-state index contributed by atoms with van der Waals surface area (Å²) in [6, 6.07) is 5.09. The van der Waals surface area contributed by atoms with Crippen LogP contribution in [0, 0.1) is 0 Å². The van der Waals surface area contributed by atoms with Crippen LogP contribution >= 0.6 is 11.8 Å². The summed E-state index contributed by atoms with van der Waals surface area (Å²) in [7, 11) is 3.36. The summed E-state index contributed by atoms with van der Waals surface area (Å²) in [5, 5.41) is 0. The molecule has 0 heterocycles. The van der Waals surface area contributed by atoms with Crippen molar-refractivity contribution < 1.29 is 9.53 Å². The van der Waals surface area contributed by atoms with Gasteiger partial charge in [0.2, 0.25) is 0 Å². The molecule has 0 spiro atoms. The SMILES string of the molecule is COc1cc(N)cc(C(=O)N(C)CCCSC)c1. The molecule has 0 bridgehead atoms. The van der Waals surface area contributed by atoms with Gasteiger partial charge in [0.15, 0.2) is 0 Å². The van der Waals surface area contributed by atoms with Gasteiger partial charge in [-0.2, -0.15) is 11.8 Å². The molecule has 0 aliphatic carbocycles. The number of benzene rings is 1. The molecule has 1 aromatic carbocycles. The van der Waals surface area contributed by atoms with Crippen LogP contribution in [0.2, 0.25) is 0 Å². The summed E-state index contributed by atoms with van der Waals surface area (Å²) in [5.74, 6) is 1.63. The Morgan fingerprint density at radius 2 is 2.17 bits per heavy atom. The summed E-state index contributed by atoms with van der Waals surface area (Å²) in [6.45, 7) is 0.747. The van der Waals surface area contributed by atoms with Crippen molar-refractivity contribution >= 4 is 23.4 Å². The first kappa shape index (κ1) is 14.7. The molecule has 18 heavy (non-hydrogen) atoms. The van der Waals surface area contributed by atoms with Crippen LogP contribution < -0.4 is 10.5 Å². The largest absolute Gasteiger partial charge is 0.497 e. The third-order valence-corrected chi connectivity index (χ3v) is 3.30. The fraction of sp³-hybridized carbons (Fsp3) is 0.462. The average molecular weight is 268 g/mol. The number of anilines is 1. The lowest BCUT2D eigenvalue weighted by Gasteiger charge is -2.17. The predicted octanol–water partition coefficient (Wildman–Crippen LogP) is 2.10. The van der Waals surface area contributed by atoms with Crippen LogP contribution in [0.5, 0.6) is 5.75 Å². The summed E-state index contributed by atoms with van der Waals surface area (Å²) < 4.78 is 5.11. The van der Waals surface area contributed by atoms with E-state index >= 15 is 0 Å². The van der Waals surface area contributed by atoms with Gasteiger partial charge in [-0.3, -0.25) is 4.79 Å². The van der Waals surface area contributed by atoms with Crippen LogP contribution in [0.15, 0.2) is 18.2 Å². The molecule has 0 radical (unpaired) electrons. The molecule has 1 rings (SSSR count). The molecule has 0 unspecified atom stereocenters. The van der Waals surface area contributed by atoms with Crippen molar-refractivity contribution in [2.75, 3.05) is 38.4 Å². The summed E-state index contributed by atoms with van der Waals surface area (Å²) in [5.41, 5.74) is 6.85. The lowest BCUT2D eigenvalue weighted by Crippen LogP contribution is -2.28. The van der Waals surface area contributed by atoms with E-state index in [0.717, 1.165) is 18.7 Å². The van der Waals surface area contributed by atoms with Crippen molar-refractivity contribution in [2.45, 2.75) is 6.42 Å². The van der Waals surface area contributed by atoms with Crippen molar-refractivity contribution in [3.05, 3.63) is 23.8 Å². The number of rotatable bonds is 6. The smallest absolute Gasteiger partial charge is 0.253 e. The van der Waals surface area contributed by atoms with Gasteiger partial charge in [0, 0.05) is 30.9 Å². The number of amides is 1. The molecule has 0 saturated carbocycles. The number of methoxy groups -OCH3 is 1. The monoisotopic (exact) mass is 268 g/mol. The molecule has 100 valence electrons. The zero-order chi connectivity index (χ0) is 13.5. The zero-order valence-electron chi connectivity index (χ0n) is 11.1. The van der Waals surface area contributed by atoms with Crippen LogP contribution in [-0.2, 0) is 0 Å². The summed E-state index contributed by atoms with van der Waals surface area (Å²) in [6.07, 6.45) is 3.05. The second kappa shape index (κ2) is 7.16. The molecule has 1 aromatic rings. The highest BCUT2D eigenvalue weighted by molar-refractivity contribution is 7.98. The number of hydrogen-bond acceptors (Lipinski definition) is 4. The van der Waals surface area contributed by atoms with Gasteiger partial charge in [-0.15, -0.1) is 0 Å². The van der Waals surface area contributed by atoms with Crippen molar-refractivity contribution in [3.8, 4) is 5.75 Å². The van der Waals surface area contributed by atoms with E-state index in [1.165, 1.54) is 0 Å². The maximum Gasteiger partial charge on any atom is 0.253 e. The molecule has 2 N–H and O–H groups in total. The number of nitrogen functional groups attached to an aromatic ring is 1. The van der Waals surface area contributed by atoms with E-state index in [2.05, 4.69) is 6.26 Å². The number of nitrogens with two attached hydrogens (primary N) is 1. The Labute approximate surface area is 112 Å². The molecule has 5 heteroatoms. The second-order valence-electron chi connectivity index (χ2n) is 4.07. The van der Waals surface area contributed by atoms with Crippen LogP contribution in [0.25, 0.3) is 0 Å². The number of carbonyl (C=O) groups excluding carboxylic acids is 1. The first-order chi connectivity index (χ1) is 8.58. The quantitative estimate of drug-likeness (QED) is 0.634. The number of hydrogen-bond donors (Lipinski definition) is 1. The second-order valence-corrected chi connectivity index (χ2v) is 5.05. The van der Waals surface area contributed by atoms with Gasteiger partial charge in [-0.25, -0.2) is 0 Å². The minimum absolute atomic E-state index is 0.0262. The molecular formula is C13H20N2O2S.